The lowest BCUT2D eigenvalue weighted by Gasteiger charge is -2.11. The molecule has 3 rings (SSSR count). The Hall–Kier alpha value is -1.80. The Kier molecular flexibility index (Phi) is 8.87. The third-order valence-electron chi connectivity index (χ3n) is 4.00. The molecule has 3 N–H and O–H groups in total. The number of hydrogen-bond donors (Lipinski definition) is 3. The molecule has 0 aliphatic carbocycles. The maximum Gasteiger partial charge on any atom is 0.191 e. The summed E-state index contributed by atoms with van der Waals surface area (Å²) in [4.78, 5) is 12.6. The van der Waals surface area contributed by atoms with Crippen molar-refractivity contribution in [3.05, 3.63) is 64.9 Å². The molecule has 5 nitrogen and oxygen atoms in total. The maximum atomic E-state index is 6.03. The Morgan fingerprint density at radius 3 is 2.74 bits per heavy atom. The molecule has 0 atom stereocenters. The van der Waals surface area contributed by atoms with Crippen molar-refractivity contribution in [1.29, 1.82) is 0 Å². The largest absolute Gasteiger partial charge is 0.357 e. The molecule has 1 heterocycles. The van der Waals surface area contributed by atoms with Gasteiger partial charge in [-0.2, -0.15) is 0 Å². The summed E-state index contributed by atoms with van der Waals surface area (Å²) < 4.78 is 0. The molecule has 7 heteroatoms. The fraction of sp³-hybridized carbons (Fsp3) is 0.300. The van der Waals surface area contributed by atoms with E-state index in [9.17, 15) is 0 Å². The number of nitrogens with zero attached hydrogens (tertiary/aromatic N) is 2. The Balaban J connectivity index is 0.00000261. The van der Waals surface area contributed by atoms with Gasteiger partial charge in [0.25, 0.3) is 0 Å². The van der Waals surface area contributed by atoms with E-state index < -0.39 is 0 Å². The molecular weight excluding hydrogens is 473 g/mol. The molecule has 0 spiro atoms. The highest BCUT2D eigenvalue weighted by Gasteiger charge is 2.02. The Bertz CT molecular complexity index is 844. The summed E-state index contributed by atoms with van der Waals surface area (Å²) in [5.74, 6) is 1.79. The minimum atomic E-state index is 0. The van der Waals surface area contributed by atoms with Crippen molar-refractivity contribution in [3.63, 3.8) is 0 Å². The van der Waals surface area contributed by atoms with Gasteiger partial charge in [0.05, 0.1) is 11.0 Å². The summed E-state index contributed by atoms with van der Waals surface area (Å²) in [6.45, 7) is 4.37. The summed E-state index contributed by atoms with van der Waals surface area (Å²) in [7, 11) is 0. The maximum absolute atomic E-state index is 6.03. The molecular formula is C20H25ClIN5. The van der Waals surface area contributed by atoms with Gasteiger partial charge in [0.15, 0.2) is 5.96 Å². The number of rotatable bonds is 7. The molecule has 3 aromatic rings. The van der Waals surface area contributed by atoms with Crippen molar-refractivity contribution in [2.45, 2.75) is 19.8 Å². The molecule has 144 valence electrons. The lowest BCUT2D eigenvalue weighted by atomic mass is 10.1. The number of hydrogen-bond acceptors (Lipinski definition) is 2. The van der Waals surface area contributed by atoms with Gasteiger partial charge < -0.3 is 15.6 Å². The monoisotopic (exact) mass is 497 g/mol. The number of H-pyrrole nitrogens is 1. The van der Waals surface area contributed by atoms with E-state index in [1.807, 2.05) is 42.5 Å². The normalized spacial score (nSPS) is 11.3. The van der Waals surface area contributed by atoms with Gasteiger partial charge in [-0.1, -0.05) is 35.9 Å². The zero-order chi connectivity index (χ0) is 18.2. The van der Waals surface area contributed by atoms with Gasteiger partial charge in [0.2, 0.25) is 0 Å². The minimum absolute atomic E-state index is 0. The highest BCUT2D eigenvalue weighted by atomic mass is 127. The van der Waals surface area contributed by atoms with Gasteiger partial charge in [0, 0.05) is 31.1 Å². The van der Waals surface area contributed by atoms with Crippen LogP contribution in [0.2, 0.25) is 5.02 Å². The Labute approximate surface area is 182 Å². The van der Waals surface area contributed by atoms with Crippen molar-refractivity contribution >= 4 is 52.6 Å². The molecule has 0 fully saturated rings. The molecule has 0 saturated heterocycles. The van der Waals surface area contributed by atoms with Crippen LogP contribution < -0.4 is 10.6 Å². The van der Waals surface area contributed by atoms with Gasteiger partial charge in [-0.3, -0.25) is 4.99 Å². The zero-order valence-electron chi connectivity index (χ0n) is 15.3. The van der Waals surface area contributed by atoms with E-state index in [0.29, 0.717) is 6.54 Å². The fourth-order valence-electron chi connectivity index (χ4n) is 2.76. The number of benzene rings is 2. The van der Waals surface area contributed by atoms with Crippen molar-refractivity contribution in [2.75, 3.05) is 19.6 Å². The third-order valence-corrected chi connectivity index (χ3v) is 4.23. The Morgan fingerprint density at radius 2 is 1.96 bits per heavy atom. The number of guanidine groups is 1. The first kappa shape index (κ1) is 21.5. The highest BCUT2D eigenvalue weighted by molar-refractivity contribution is 14.0. The number of aliphatic imine (C=N–C) groups is 1. The second-order valence-electron chi connectivity index (χ2n) is 6.02. The average Bonchev–Trinajstić information content (AvgIpc) is 3.04. The standard InChI is InChI=1S/C20H24ClN5.HI/c1-2-22-20(23-12-10-15-6-5-7-16(21)14-15)24-13-11-19-25-17-8-3-4-9-18(17)26-19;/h3-9,14H,2,10-13H2,1H3,(H,25,26)(H2,22,23,24);1H. The molecule has 27 heavy (non-hydrogen) atoms. The van der Waals surface area contributed by atoms with Crippen LogP contribution in [0.3, 0.4) is 0 Å². The van der Waals surface area contributed by atoms with Crippen LogP contribution in [-0.4, -0.2) is 35.6 Å². The summed E-state index contributed by atoms with van der Waals surface area (Å²) in [6, 6.07) is 16.0. The molecule has 0 radical (unpaired) electrons. The Morgan fingerprint density at radius 1 is 1.11 bits per heavy atom. The van der Waals surface area contributed by atoms with Gasteiger partial charge in [-0.25, -0.2) is 4.98 Å². The van der Waals surface area contributed by atoms with Crippen LogP contribution >= 0.6 is 35.6 Å². The molecule has 0 unspecified atom stereocenters. The van der Waals surface area contributed by atoms with Crippen molar-refractivity contribution < 1.29 is 0 Å². The van der Waals surface area contributed by atoms with Crippen molar-refractivity contribution in [1.82, 2.24) is 20.6 Å². The van der Waals surface area contributed by atoms with Crippen LogP contribution in [0.5, 0.6) is 0 Å². The van der Waals surface area contributed by atoms with Gasteiger partial charge in [-0.15, -0.1) is 24.0 Å². The molecule has 0 aliphatic rings. The molecule has 2 aromatic carbocycles. The smallest absolute Gasteiger partial charge is 0.191 e. The van der Waals surface area contributed by atoms with E-state index in [0.717, 1.165) is 53.8 Å². The fourth-order valence-corrected chi connectivity index (χ4v) is 2.97. The topological polar surface area (TPSA) is 65.1 Å². The van der Waals surface area contributed by atoms with E-state index in [2.05, 4.69) is 38.6 Å². The molecule has 0 aliphatic heterocycles. The quantitative estimate of drug-likeness (QED) is 0.261. The van der Waals surface area contributed by atoms with Gasteiger partial charge >= 0.3 is 0 Å². The molecule has 1 aromatic heterocycles. The van der Waals surface area contributed by atoms with E-state index in [4.69, 9.17) is 11.6 Å². The zero-order valence-corrected chi connectivity index (χ0v) is 18.4. The highest BCUT2D eigenvalue weighted by Crippen LogP contribution is 2.11. The van der Waals surface area contributed by atoms with E-state index in [1.54, 1.807) is 0 Å². The molecule has 0 amide bonds. The number of fused-ring (bicyclic) bond motifs is 1. The van der Waals surface area contributed by atoms with Crippen LogP contribution in [0.1, 0.15) is 18.3 Å². The van der Waals surface area contributed by atoms with Crippen molar-refractivity contribution in [2.24, 2.45) is 4.99 Å². The summed E-state index contributed by atoms with van der Waals surface area (Å²) in [5.41, 5.74) is 3.28. The van der Waals surface area contributed by atoms with E-state index >= 15 is 0 Å². The summed E-state index contributed by atoms with van der Waals surface area (Å²) in [6.07, 6.45) is 1.67. The molecule has 0 bridgehead atoms. The predicted octanol–water partition coefficient (Wildman–Crippen LogP) is 4.17. The molecule has 0 saturated carbocycles. The average molecular weight is 498 g/mol. The third kappa shape index (κ3) is 6.70. The summed E-state index contributed by atoms with van der Waals surface area (Å²) in [5, 5.41) is 7.41. The number of imidazole rings is 1. The van der Waals surface area contributed by atoms with E-state index in [1.165, 1.54) is 5.56 Å². The lowest BCUT2D eigenvalue weighted by molar-refractivity contribution is 0.792. The predicted molar refractivity (Wildman–Crippen MR) is 124 cm³/mol. The number of halogens is 2. The first-order valence-corrected chi connectivity index (χ1v) is 9.32. The second kappa shape index (κ2) is 11.1. The second-order valence-corrected chi connectivity index (χ2v) is 6.45. The lowest BCUT2D eigenvalue weighted by Crippen LogP contribution is -2.38. The van der Waals surface area contributed by atoms with Crippen LogP contribution in [0.15, 0.2) is 53.5 Å². The van der Waals surface area contributed by atoms with Gasteiger partial charge in [-0.05, 0) is 43.2 Å². The SMILES string of the molecule is CCNC(=NCCc1nc2ccccc2[nH]1)NCCc1cccc(Cl)c1.I. The first-order chi connectivity index (χ1) is 12.7. The van der Waals surface area contributed by atoms with Crippen LogP contribution in [0.25, 0.3) is 11.0 Å². The first-order valence-electron chi connectivity index (χ1n) is 8.95. The van der Waals surface area contributed by atoms with Crippen LogP contribution in [-0.2, 0) is 12.8 Å². The van der Waals surface area contributed by atoms with Gasteiger partial charge in [0.1, 0.15) is 5.82 Å². The number of aromatic amines is 1. The number of aromatic nitrogens is 2. The minimum Gasteiger partial charge on any atom is -0.357 e. The van der Waals surface area contributed by atoms with Crippen LogP contribution in [0, 0.1) is 0 Å². The number of nitrogens with one attached hydrogen (secondary N) is 3. The van der Waals surface area contributed by atoms with E-state index in [-0.39, 0.29) is 24.0 Å². The number of para-hydroxylation sites is 2. The van der Waals surface area contributed by atoms with Crippen molar-refractivity contribution in [3.8, 4) is 0 Å². The van der Waals surface area contributed by atoms with Crippen LogP contribution in [0.4, 0.5) is 0 Å². The summed E-state index contributed by atoms with van der Waals surface area (Å²) >= 11 is 6.03.